The lowest BCUT2D eigenvalue weighted by atomic mass is 9.92. The van der Waals surface area contributed by atoms with Crippen molar-refractivity contribution >= 4 is 17.4 Å². The van der Waals surface area contributed by atoms with Gasteiger partial charge in [0, 0.05) is 28.9 Å². The number of thioether (sulfide) groups is 1. The number of anilines is 1. The molecule has 27 heavy (non-hydrogen) atoms. The molecule has 1 aliphatic rings. The van der Waals surface area contributed by atoms with Crippen molar-refractivity contribution in [2.45, 2.75) is 45.2 Å². The molecule has 0 amide bonds. The Kier molecular flexibility index (Phi) is 4.50. The van der Waals surface area contributed by atoms with Crippen LogP contribution in [0.25, 0.3) is 22.5 Å². The molecule has 2 aromatic carbocycles. The summed E-state index contributed by atoms with van der Waals surface area (Å²) in [6.07, 6.45) is 2.11. The first-order valence-corrected chi connectivity index (χ1v) is 10.6. The number of fused-ring (bicyclic) bond motifs is 5. The summed E-state index contributed by atoms with van der Waals surface area (Å²) in [6, 6.07) is 17.2. The van der Waals surface area contributed by atoms with Crippen molar-refractivity contribution in [1.82, 2.24) is 15.0 Å². The number of hydrogen-bond donors (Lipinski definition) is 0. The lowest BCUT2D eigenvalue weighted by Crippen LogP contribution is -2.41. The first kappa shape index (κ1) is 18.1. The first-order valence-electron chi connectivity index (χ1n) is 9.35. The maximum Gasteiger partial charge on any atom is 0.121 e. The van der Waals surface area contributed by atoms with E-state index >= 15 is 0 Å². The average molecular weight is 379 g/mol. The van der Waals surface area contributed by atoms with Gasteiger partial charge in [0.05, 0.1) is 11.1 Å². The Morgan fingerprint density at radius 1 is 1.00 bits per heavy atom. The Balaban J connectivity index is 2.09. The molecule has 0 saturated carbocycles. The smallest absolute Gasteiger partial charge is 0.121 e. The van der Waals surface area contributed by atoms with Crippen LogP contribution < -0.4 is 4.90 Å². The minimum atomic E-state index is -0.00980. The topological polar surface area (TPSA) is 34.0 Å². The van der Waals surface area contributed by atoms with E-state index < -0.39 is 0 Å². The number of nitrogens with zero attached hydrogens (tertiary/aromatic N) is 4. The zero-order valence-corrected chi connectivity index (χ0v) is 17.4. The fourth-order valence-corrected chi connectivity index (χ4v) is 4.08. The highest BCUT2D eigenvalue weighted by molar-refractivity contribution is 7.98. The van der Waals surface area contributed by atoms with Gasteiger partial charge < -0.3 is 4.90 Å². The third-order valence-electron chi connectivity index (χ3n) is 5.24. The normalized spacial score (nSPS) is 14.6. The van der Waals surface area contributed by atoms with Crippen molar-refractivity contribution in [3.63, 3.8) is 0 Å². The van der Waals surface area contributed by atoms with E-state index in [1.165, 1.54) is 22.4 Å². The highest BCUT2D eigenvalue weighted by Gasteiger charge is 2.31. The van der Waals surface area contributed by atoms with Crippen molar-refractivity contribution < 1.29 is 0 Å². The summed E-state index contributed by atoms with van der Waals surface area (Å²) in [5, 5.41) is 9.41. The van der Waals surface area contributed by atoms with Gasteiger partial charge >= 0.3 is 0 Å². The van der Waals surface area contributed by atoms with Crippen LogP contribution in [-0.4, -0.2) is 26.8 Å². The van der Waals surface area contributed by atoms with Crippen molar-refractivity contribution in [3.05, 3.63) is 54.1 Å². The van der Waals surface area contributed by atoms with Crippen molar-refractivity contribution in [2.75, 3.05) is 11.2 Å². The van der Waals surface area contributed by atoms with E-state index in [1.807, 2.05) is 0 Å². The first-order chi connectivity index (χ1) is 12.9. The van der Waals surface area contributed by atoms with Crippen molar-refractivity contribution in [2.24, 2.45) is 0 Å². The van der Waals surface area contributed by atoms with Crippen molar-refractivity contribution in [3.8, 4) is 22.5 Å². The molecule has 1 unspecified atom stereocenters. The molecule has 140 valence electrons. The zero-order valence-electron chi connectivity index (χ0n) is 16.6. The Hall–Kier alpha value is -2.27. The highest BCUT2D eigenvalue weighted by Crippen LogP contribution is 2.44. The van der Waals surface area contributed by atoms with Gasteiger partial charge in [0.15, 0.2) is 0 Å². The summed E-state index contributed by atoms with van der Waals surface area (Å²) in [5.74, 6) is 0. The molecule has 0 fully saturated rings. The maximum atomic E-state index is 4.64. The predicted octanol–water partition coefficient (Wildman–Crippen LogP) is 5.61. The van der Waals surface area contributed by atoms with Crippen LogP contribution in [0.15, 0.2) is 48.5 Å². The van der Waals surface area contributed by atoms with E-state index in [-0.39, 0.29) is 10.9 Å². The van der Waals surface area contributed by atoms with Gasteiger partial charge in [0.25, 0.3) is 0 Å². The number of benzene rings is 2. The zero-order chi connectivity index (χ0) is 19.2. The standard InChI is InChI=1S/C22H26N4S/c1-15(27-5)26-21-18-12-8-9-13-19(18)25(22(2,3)4)14-16-10-6-7-11-17(16)20(21)23-24-26/h6-13,15H,14H2,1-5H3. The SMILES string of the molecule is CSC(C)n1nnc2c1-c1ccccc1N(C(C)(C)C)Cc1ccccc1-2. The van der Waals surface area contributed by atoms with Crippen LogP contribution in [-0.2, 0) is 6.54 Å². The van der Waals surface area contributed by atoms with E-state index in [9.17, 15) is 0 Å². The van der Waals surface area contributed by atoms with E-state index in [4.69, 9.17) is 0 Å². The molecule has 4 rings (SSSR count). The van der Waals surface area contributed by atoms with Crippen LogP contribution in [0.3, 0.4) is 0 Å². The number of aromatic nitrogens is 3. The molecule has 2 heterocycles. The fourth-order valence-electron chi connectivity index (χ4n) is 3.73. The molecule has 0 radical (unpaired) electrons. The molecule has 0 N–H and O–H groups in total. The molecule has 3 aromatic rings. The number of para-hydroxylation sites is 1. The van der Waals surface area contributed by atoms with Crippen LogP contribution in [0, 0.1) is 0 Å². The molecule has 1 atom stereocenters. The van der Waals surface area contributed by atoms with E-state index in [2.05, 4.69) is 102 Å². The van der Waals surface area contributed by atoms with E-state index in [1.54, 1.807) is 11.8 Å². The summed E-state index contributed by atoms with van der Waals surface area (Å²) in [6.45, 7) is 9.84. The lowest BCUT2D eigenvalue weighted by molar-refractivity contribution is 0.501. The minimum absolute atomic E-state index is 0.00980. The Morgan fingerprint density at radius 3 is 2.37 bits per heavy atom. The quantitative estimate of drug-likeness (QED) is 0.580. The lowest BCUT2D eigenvalue weighted by Gasteiger charge is -2.40. The molecule has 0 spiro atoms. The summed E-state index contributed by atoms with van der Waals surface area (Å²) < 4.78 is 2.07. The highest BCUT2D eigenvalue weighted by atomic mass is 32.2. The average Bonchev–Trinajstić information content (AvgIpc) is 3.07. The van der Waals surface area contributed by atoms with Crippen LogP contribution >= 0.6 is 11.8 Å². The van der Waals surface area contributed by atoms with Crippen LogP contribution in [0.2, 0.25) is 0 Å². The molecule has 5 heteroatoms. The van der Waals surface area contributed by atoms with E-state index in [0.29, 0.717) is 0 Å². The molecule has 0 bridgehead atoms. The third-order valence-corrected chi connectivity index (χ3v) is 6.12. The molecule has 4 nitrogen and oxygen atoms in total. The predicted molar refractivity (Wildman–Crippen MR) is 115 cm³/mol. The van der Waals surface area contributed by atoms with Gasteiger partial charge in [-0.25, -0.2) is 4.68 Å². The van der Waals surface area contributed by atoms with Gasteiger partial charge in [0.2, 0.25) is 0 Å². The second-order valence-electron chi connectivity index (χ2n) is 8.00. The molecule has 1 aromatic heterocycles. The maximum absolute atomic E-state index is 4.64. The van der Waals surface area contributed by atoms with E-state index in [0.717, 1.165) is 17.9 Å². The molecular formula is C22H26N4S. The monoisotopic (exact) mass is 378 g/mol. The molecule has 1 aliphatic heterocycles. The van der Waals surface area contributed by atoms with Gasteiger partial charge in [-0.05, 0) is 45.6 Å². The second-order valence-corrected chi connectivity index (χ2v) is 9.15. The van der Waals surface area contributed by atoms with Gasteiger partial charge in [0.1, 0.15) is 5.69 Å². The van der Waals surface area contributed by atoms with Crippen LogP contribution in [0.5, 0.6) is 0 Å². The third kappa shape index (κ3) is 3.04. The van der Waals surface area contributed by atoms with Crippen LogP contribution in [0.4, 0.5) is 5.69 Å². The largest absolute Gasteiger partial charge is 0.362 e. The van der Waals surface area contributed by atoms with Crippen molar-refractivity contribution in [1.29, 1.82) is 0 Å². The summed E-state index contributed by atoms with van der Waals surface area (Å²) in [4.78, 5) is 2.49. The Bertz CT molecular complexity index is 970. The Morgan fingerprint density at radius 2 is 1.67 bits per heavy atom. The van der Waals surface area contributed by atoms with Gasteiger partial charge in [-0.3, -0.25) is 0 Å². The van der Waals surface area contributed by atoms with Crippen LogP contribution in [0.1, 0.15) is 38.6 Å². The number of hydrogen-bond acceptors (Lipinski definition) is 4. The van der Waals surface area contributed by atoms with Gasteiger partial charge in [-0.1, -0.05) is 47.7 Å². The summed E-state index contributed by atoms with van der Waals surface area (Å²) in [5.41, 5.74) is 6.97. The van der Waals surface area contributed by atoms with Gasteiger partial charge in [-0.15, -0.1) is 16.9 Å². The molecule has 0 saturated heterocycles. The summed E-state index contributed by atoms with van der Waals surface area (Å²) in [7, 11) is 0. The molecule has 0 aliphatic carbocycles. The number of rotatable bonds is 2. The molecular weight excluding hydrogens is 352 g/mol. The Labute approximate surface area is 165 Å². The summed E-state index contributed by atoms with van der Waals surface area (Å²) >= 11 is 1.78. The fraction of sp³-hybridized carbons (Fsp3) is 0.364. The minimum Gasteiger partial charge on any atom is -0.362 e. The van der Waals surface area contributed by atoms with Gasteiger partial charge in [-0.2, -0.15) is 0 Å². The second kappa shape index (κ2) is 6.71.